The van der Waals surface area contributed by atoms with Crippen molar-refractivity contribution in [2.24, 2.45) is 5.41 Å². The van der Waals surface area contributed by atoms with E-state index < -0.39 is 6.04 Å². The Morgan fingerprint density at radius 3 is 2.36 bits per heavy atom. The van der Waals surface area contributed by atoms with E-state index in [0.717, 1.165) is 11.3 Å². The van der Waals surface area contributed by atoms with E-state index >= 15 is 0 Å². The van der Waals surface area contributed by atoms with Crippen LogP contribution in [-0.4, -0.2) is 21.5 Å². The molecule has 2 heterocycles. The normalized spacial score (nSPS) is 18.9. The van der Waals surface area contributed by atoms with Gasteiger partial charge in [-0.3, -0.25) is 9.59 Å². The van der Waals surface area contributed by atoms with Crippen LogP contribution in [0.25, 0.3) is 0 Å². The van der Waals surface area contributed by atoms with Crippen molar-refractivity contribution in [3.63, 3.8) is 0 Å². The van der Waals surface area contributed by atoms with Crippen LogP contribution in [0, 0.1) is 5.41 Å². The second-order valence-corrected chi connectivity index (χ2v) is 10.1. The van der Waals surface area contributed by atoms with Crippen LogP contribution in [-0.2, 0) is 4.79 Å². The van der Waals surface area contributed by atoms with E-state index in [2.05, 4.69) is 29.6 Å². The van der Waals surface area contributed by atoms with Crippen molar-refractivity contribution in [3.8, 4) is 0 Å². The van der Waals surface area contributed by atoms with Gasteiger partial charge >= 0.3 is 0 Å². The summed E-state index contributed by atoms with van der Waals surface area (Å²) in [5.41, 5.74) is 3.26. The van der Waals surface area contributed by atoms with Crippen LogP contribution in [0.1, 0.15) is 48.7 Å². The Bertz CT molecular complexity index is 1290. The van der Waals surface area contributed by atoms with Gasteiger partial charge in [-0.05, 0) is 53.8 Å². The fraction of sp³-hybridized carbons (Fsp3) is 0.240. The SMILES string of the molecule is CC1(C)CC(=O)C2=C(C1)Nc1c(C(=O)Nc3ccc(Cl)cc3)cnn1C2c1ccc(Cl)cc1. The number of ketones is 1. The van der Waals surface area contributed by atoms with Gasteiger partial charge < -0.3 is 10.6 Å². The van der Waals surface area contributed by atoms with Gasteiger partial charge in [0.15, 0.2) is 5.78 Å². The minimum absolute atomic E-state index is 0.0852. The zero-order valence-corrected chi connectivity index (χ0v) is 19.7. The molecule has 5 rings (SSSR count). The Kier molecular flexibility index (Phi) is 5.30. The van der Waals surface area contributed by atoms with Gasteiger partial charge in [-0.25, -0.2) is 4.68 Å². The Labute approximate surface area is 201 Å². The highest BCUT2D eigenvalue weighted by Gasteiger charge is 2.42. The molecule has 168 valence electrons. The zero-order chi connectivity index (χ0) is 23.3. The van der Waals surface area contributed by atoms with E-state index in [1.165, 1.54) is 6.20 Å². The Morgan fingerprint density at radius 2 is 1.70 bits per heavy atom. The molecule has 1 aliphatic heterocycles. The molecule has 8 heteroatoms. The second-order valence-electron chi connectivity index (χ2n) is 9.22. The highest BCUT2D eigenvalue weighted by molar-refractivity contribution is 6.30. The molecule has 0 bridgehead atoms. The van der Waals surface area contributed by atoms with Crippen molar-refractivity contribution < 1.29 is 9.59 Å². The molecule has 3 aromatic rings. The molecule has 0 spiro atoms. The molecule has 1 atom stereocenters. The topological polar surface area (TPSA) is 76.0 Å². The maximum absolute atomic E-state index is 13.3. The molecule has 1 aliphatic carbocycles. The molecule has 0 saturated carbocycles. The molecule has 0 radical (unpaired) electrons. The van der Waals surface area contributed by atoms with Crippen molar-refractivity contribution in [2.75, 3.05) is 10.6 Å². The van der Waals surface area contributed by atoms with Gasteiger partial charge in [0.25, 0.3) is 5.91 Å². The monoisotopic (exact) mass is 480 g/mol. The van der Waals surface area contributed by atoms with E-state index in [4.69, 9.17) is 23.2 Å². The quantitative estimate of drug-likeness (QED) is 0.474. The number of rotatable bonds is 3. The zero-order valence-electron chi connectivity index (χ0n) is 18.2. The van der Waals surface area contributed by atoms with Gasteiger partial charge in [-0.15, -0.1) is 0 Å². The van der Waals surface area contributed by atoms with Gasteiger partial charge in [-0.1, -0.05) is 49.2 Å². The highest BCUT2D eigenvalue weighted by Crippen LogP contribution is 2.46. The molecule has 2 N–H and O–H groups in total. The fourth-order valence-electron chi connectivity index (χ4n) is 4.56. The number of halogens is 2. The first-order chi connectivity index (χ1) is 15.7. The summed E-state index contributed by atoms with van der Waals surface area (Å²) < 4.78 is 1.72. The Morgan fingerprint density at radius 1 is 1.06 bits per heavy atom. The Hall–Kier alpha value is -3.09. The largest absolute Gasteiger partial charge is 0.343 e. The summed E-state index contributed by atoms with van der Waals surface area (Å²) in [4.78, 5) is 26.4. The van der Waals surface area contributed by atoms with Crippen molar-refractivity contribution in [3.05, 3.63) is 87.2 Å². The molecule has 33 heavy (non-hydrogen) atoms. The number of anilines is 2. The third kappa shape index (κ3) is 4.05. The van der Waals surface area contributed by atoms with Crippen LogP contribution in [0.4, 0.5) is 11.5 Å². The van der Waals surface area contributed by atoms with Crippen molar-refractivity contribution in [1.82, 2.24) is 9.78 Å². The lowest BCUT2D eigenvalue weighted by Gasteiger charge is -2.39. The molecular formula is C25H22Cl2N4O2. The number of fused-ring (bicyclic) bond motifs is 1. The number of carbonyl (C=O) groups excluding carboxylic acids is 2. The molecule has 1 unspecified atom stereocenters. The molecule has 6 nitrogen and oxygen atoms in total. The molecule has 2 aliphatic rings. The van der Waals surface area contributed by atoms with Gasteiger partial charge in [-0.2, -0.15) is 5.10 Å². The number of benzene rings is 2. The van der Waals surface area contributed by atoms with Crippen LogP contribution >= 0.6 is 23.2 Å². The first kappa shape index (κ1) is 21.7. The summed E-state index contributed by atoms with van der Waals surface area (Å²) in [5, 5.41) is 12.0. The lowest BCUT2D eigenvalue weighted by molar-refractivity contribution is -0.118. The standard InChI is InChI=1S/C25H22Cl2N4O2/c1-25(2)11-19-21(20(32)12-25)22(14-3-5-15(26)6-4-14)31-23(30-19)18(13-28-31)24(33)29-17-9-7-16(27)8-10-17/h3-10,13,22,30H,11-12H2,1-2H3,(H,29,33). The van der Waals surface area contributed by atoms with Gasteiger partial charge in [0.2, 0.25) is 0 Å². The van der Waals surface area contributed by atoms with Gasteiger partial charge in [0, 0.05) is 33.4 Å². The summed E-state index contributed by atoms with van der Waals surface area (Å²) >= 11 is 12.1. The fourth-order valence-corrected chi connectivity index (χ4v) is 4.81. The predicted octanol–water partition coefficient (Wildman–Crippen LogP) is 6.10. The average molecular weight is 481 g/mol. The number of amides is 1. The summed E-state index contributed by atoms with van der Waals surface area (Å²) in [6, 6.07) is 13.9. The van der Waals surface area contributed by atoms with Crippen LogP contribution in [0.2, 0.25) is 10.0 Å². The summed E-state index contributed by atoms with van der Waals surface area (Å²) in [6.45, 7) is 4.15. The second kappa shape index (κ2) is 8.04. The number of hydrogen-bond acceptors (Lipinski definition) is 4. The van der Waals surface area contributed by atoms with Crippen molar-refractivity contribution in [1.29, 1.82) is 0 Å². The average Bonchev–Trinajstić information content (AvgIpc) is 3.17. The molecule has 2 aromatic carbocycles. The maximum Gasteiger partial charge on any atom is 0.261 e. The third-order valence-corrected chi connectivity index (χ3v) is 6.54. The number of carbonyl (C=O) groups is 2. The van der Waals surface area contributed by atoms with Crippen molar-refractivity contribution >= 4 is 46.4 Å². The first-order valence-electron chi connectivity index (χ1n) is 10.6. The predicted molar refractivity (Wildman–Crippen MR) is 130 cm³/mol. The van der Waals surface area contributed by atoms with E-state index in [9.17, 15) is 9.59 Å². The number of nitrogens with one attached hydrogen (secondary N) is 2. The number of aromatic nitrogens is 2. The Balaban J connectivity index is 1.58. The summed E-state index contributed by atoms with van der Waals surface area (Å²) in [6.07, 6.45) is 2.68. The maximum atomic E-state index is 13.3. The lowest BCUT2D eigenvalue weighted by atomic mass is 9.73. The smallest absolute Gasteiger partial charge is 0.261 e. The summed E-state index contributed by atoms with van der Waals surface area (Å²) in [7, 11) is 0. The number of nitrogens with zero attached hydrogens (tertiary/aromatic N) is 2. The highest BCUT2D eigenvalue weighted by atomic mass is 35.5. The van der Waals surface area contributed by atoms with E-state index in [0.29, 0.717) is 45.5 Å². The molecular weight excluding hydrogens is 459 g/mol. The van der Waals surface area contributed by atoms with Crippen LogP contribution in [0.15, 0.2) is 66.0 Å². The molecule has 0 saturated heterocycles. The molecule has 0 fully saturated rings. The van der Waals surface area contributed by atoms with Crippen LogP contribution < -0.4 is 10.6 Å². The van der Waals surface area contributed by atoms with Gasteiger partial charge in [0.05, 0.1) is 6.20 Å². The number of Topliss-reactive ketones (excluding diaryl/α,β-unsaturated/α-hetero) is 1. The molecule has 1 aromatic heterocycles. The van der Waals surface area contributed by atoms with Crippen molar-refractivity contribution in [2.45, 2.75) is 32.7 Å². The summed E-state index contributed by atoms with van der Waals surface area (Å²) in [5.74, 6) is 0.346. The third-order valence-electron chi connectivity index (χ3n) is 6.04. The minimum atomic E-state index is -0.436. The number of allylic oxidation sites excluding steroid dienone is 2. The van der Waals surface area contributed by atoms with Gasteiger partial charge in [0.1, 0.15) is 17.4 Å². The molecule has 1 amide bonds. The van der Waals surface area contributed by atoms with Crippen LogP contribution in [0.3, 0.4) is 0 Å². The lowest BCUT2D eigenvalue weighted by Crippen LogP contribution is -2.36. The van der Waals surface area contributed by atoms with E-state index in [1.54, 1.807) is 41.1 Å². The van der Waals surface area contributed by atoms with E-state index in [1.807, 2.05) is 12.1 Å². The minimum Gasteiger partial charge on any atom is -0.343 e. The first-order valence-corrected chi connectivity index (χ1v) is 11.4. The van der Waals surface area contributed by atoms with E-state index in [-0.39, 0.29) is 17.1 Å². The van der Waals surface area contributed by atoms with Crippen LogP contribution in [0.5, 0.6) is 0 Å². The number of hydrogen-bond donors (Lipinski definition) is 2.